The molecule has 4 heteroatoms. The van der Waals surface area contributed by atoms with Gasteiger partial charge < -0.3 is 15.2 Å². The number of aryl methyl sites for hydroxylation is 1. The molecule has 0 radical (unpaired) electrons. The largest absolute Gasteiger partial charge is 0.384 e. The molecule has 0 fully saturated rings. The van der Waals surface area contributed by atoms with Crippen molar-refractivity contribution >= 4 is 11.6 Å². The van der Waals surface area contributed by atoms with Crippen LogP contribution in [0.5, 0.6) is 0 Å². The second-order valence-corrected chi connectivity index (χ2v) is 4.40. The van der Waals surface area contributed by atoms with Gasteiger partial charge in [0.15, 0.2) is 0 Å². The van der Waals surface area contributed by atoms with Gasteiger partial charge in [-0.15, -0.1) is 0 Å². The Morgan fingerprint density at radius 1 is 1.47 bits per heavy atom. The van der Waals surface area contributed by atoms with E-state index in [2.05, 4.69) is 17.2 Å². The van der Waals surface area contributed by atoms with Gasteiger partial charge in [0.25, 0.3) is 0 Å². The first-order valence-corrected chi connectivity index (χ1v) is 6.14. The van der Waals surface area contributed by atoms with E-state index in [1.54, 1.807) is 6.07 Å². The predicted molar refractivity (Wildman–Crippen MR) is 74.9 cm³/mol. The number of anilines is 1. The van der Waals surface area contributed by atoms with Crippen LogP contribution in [0.2, 0.25) is 0 Å². The molecule has 0 aliphatic heterocycles. The summed E-state index contributed by atoms with van der Waals surface area (Å²) in [6.07, 6.45) is 0.0229. The Labute approximate surface area is 113 Å². The predicted octanol–water partition coefficient (Wildman–Crippen LogP) is 1.70. The number of aliphatic hydroxyl groups excluding tert-OH is 1. The Balaban J connectivity index is 2.71. The van der Waals surface area contributed by atoms with Crippen LogP contribution in [0.3, 0.4) is 0 Å². The van der Waals surface area contributed by atoms with E-state index in [9.17, 15) is 4.79 Å². The molecule has 4 nitrogen and oxygen atoms in total. The van der Waals surface area contributed by atoms with Gasteiger partial charge in [0.05, 0.1) is 6.10 Å². The number of benzene rings is 1. The summed E-state index contributed by atoms with van der Waals surface area (Å²) in [4.78, 5) is 11.6. The zero-order valence-electron chi connectivity index (χ0n) is 11.5. The first kappa shape index (κ1) is 15.2. The Morgan fingerprint density at radius 3 is 2.84 bits per heavy atom. The van der Waals surface area contributed by atoms with Crippen molar-refractivity contribution in [2.75, 3.05) is 18.5 Å². The highest BCUT2D eigenvalue weighted by atomic mass is 16.5. The minimum Gasteiger partial charge on any atom is -0.384 e. The first-order valence-electron chi connectivity index (χ1n) is 6.14. The van der Waals surface area contributed by atoms with E-state index in [0.29, 0.717) is 5.69 Å². The van der Waals surface area contributed by atoms with Crippen molar-refractivity contribution < 1.29 is 14.6 Å². The second kappa shape index (κ2) is 7.57. The fourth-order valence-corrected chi connectivity index (χ4v) is 1.41. The molecule has 1 aromatic carbocycles. The number of hydrogen-bond acceptors (Lipinski definition) is 3. The molecule has 0 atom stereocenters. The SMILES string of the molecule is Cc1ccc(NC(=O)COC(C)C)cc1C#CCO. The minimum atomic E-state index is -0.196. The number of rotatable bonds is 4. The highest BCUT2D eigenvalue weighted by Gasteiger charge is 2.05. The molecule has 1 aromatic rings. The summed E-state index contributed by atoms with van der Waals surface area (Å²) in [7, 11) is 0. The van der Waals surface area contributed by atoms with Crippen LogP contribution < -0.4 is 5.32 Å². The van der Waals surface area contributed by atoms with Crippen LogP contribution in [0, 0.1) is 18.8 Å². The Kier molecular flexibility index (Phi) is 6.07. The van der Waals surface area contributed by atoms with E-state index in [-0.39, 0.29) is 25.2 Å². The normalized spacial score (nSPS) is 9.95. The summed E-state index contributed by atoms with van der Waals surface area (Å²) in [5.74, 6) is 5.24. The molecule has 1 rings (SSSR count). The molecule has 0 aromatic heterocycles. The summed E-state index contributed by atoms with van der Waals surface area (Å²) in [5, 5.41) is 11.4. The molecule has 0 spiro atoms. The van der Waals surface area contributed by atoms with Crippen molar-refractivity contribution in [1.29, 1.82) is 0 Å². The number of nitrogens with one attached hydrogen (secondary N) is 1. The van der Waals surface area contributed by atoms with Crippen molar-refractivity contribution in [1.82, 2.24) is 0 Å². The summed E-state index contributed by atoms with van der Waals surface area (Å²) in [6.45, 7) is 5.53. The zero-order chi connectivity index (χ0) is 14.3. The molecule has 2 N–H and O–H groups in total. The van der Waals surface area contributed by atoms with Gasteiger partial charge in [-0.3, -0.25) is 4.79 Å². The number of amides is 1. The fraction of sp³-hybridized carbons (Fsp3) is 0.400. The maximum absolute atomic E-state index is 11.6. The van der Waals surface area contributed by atoms with Gasteiger partial charge in [0.2, 0.25) is 5.91 Å². The number of carbonyl (C=O) groups is 1. The van der Waals surface area contributed by atoms with E-state index < -0.39 is 0 Å². The van der Waals surface area contributed by atoms with Gasteiger partial charge in [0, 0.05) is 11.3 Å². The topological polar surface area (TPSA) is 58.6 Å². The van der Waals surface area contributed by atoms with Crippen LogP contribution in [0.25, 0.3) is 0 Å². The molecule has 102 valence electrons. The standard InChI is InChI=1S/C15H19NO3/c1-11(2)19-10-15(18)16-14-7-6-12(3)13(9-14)5-4-8-17/h6-7,9,11,17H,8,10H2,1-3H3,(H,16,18). The average molecular weight is 261 g/mol. The molecule has 0 aliphatic carbocycles. The second-order valence-electron chi connectivity index (χ2n) is 4.40. The number of ether oxygens (including phenoxy) is 1. The molecule has 19 heavy (non-hydrogen) atoms. The van der Waals surface area contributed by atoms with Gasteiger partial charge in [-0.05, 0) is 38.5 Å². The molecular weight excluding hydrogens is 242 g/mol. The minimum absolute atomic E-state index is 0.0229. The van der Waals surface area contributed by atoms with E-state index in [1.165, 1.54) is 0 Å². The van der Waals surface area contributed by atoms with E-state index in [0.717, 1.165) is 11.1 Å². The lowest BCUT2D eigenvalue weighted by atomic mass is 10.1. The highest BCUT2D eigenvalue weighted by Crippen LogP contribution is 2.14. The Morgan fingerprint density at radius 2 is 2.21 bits per heavy atom. The number of hydrogen-bond donors (Lipinski definition) is 2. The molecule has 0 bridgehead atoms. The van der Waals surface area contributed by atoms with Gasteiger partial charge in [-0.1, -0.05) is 17.9 Å². The highest BCUT2D eigenvalue weighted by molar-refractivity contribution is 5.91. The molecular formula is C15H19NO3. The zero-order valence-corrected chi connectivity index (χ0v) is 11.5. The van der Waals surface area contributed by atoms with Crippen molar-refractivity contribution in [2.45, 2.75) is 26.9 Å². The summed E-state index contributed by atoms with van der Waals surface area (Å²) >= 11 is 0. The van der Waals surface area contributed by atoms with Crippen molar-refractivity contribution in [3.63, 3.8) is 0 Å². The smallest absolute Gasteiger partial charge is 0.250 e. The lowest BCUT2D eigenvalue weighted by Gasteiger charge is -2.09. The number of carbonyl (C=O) groups excluding carboxylic acids is 1. The Hall–Kier alpha value is -1.83. The van der Waals surface area contributed by atoms with Crippen LogP contribution >= 0.6 is 0 Å². The van der Waals surface area contributed by atoms with Crippen LogP contribution in [0.1, 0.15) is 25.0 Å². The van der Waals surface area contributed by atoms with E-state index in [1.807, 2.05) is 32.9 Å². The van der Waals surface area contributed by atoms with Gasteiger partial charge >= 0.3 is 0 Å². The van der Waals surface area contributed by atoms with Crippen molar-refractivity contribution in [3.05, 3.63) is 29.3 Å². The maximum atomic E-state index is 11.6. The molecule has 0 unspecified atom stereocenters. The summed E-state index contributed by atoms with van der Waals surface area (Å²) in [5.41, 5.74) is 2.46. The lowest BCUT2D eigenvalue weighted by molar-refractivity contribution is -0.121. The maximum Gasteiger partial charge on any atom is 0.250 e. The molecule has 0 saturated heterocycles. The monoisotopic (exact) mass is 261 g/mol. The number of aliphatic hydroxyl groups is 1. The van der Waals surface area contributed by atoms with Gasteiger partial charge in [-0.25, -0.2) is 0 Å². The van der Waals surface area contributed by atoms with E-state index in [4.69, 9.17) is 9.84 Å². The third kappa shape index (κ3) is 5.56. The summed E-state index contributed by atoms with van der Waals surface area (Å²) in [6, 6.07) is 5.47. The van der Waals surface area contributed by atoms with Crippen LogP contribution in [-0.4, -0.2) is 30.3 Å². The molecule has 0 heterocycles. The average Bonchev–Trinajstić information content (AvgIpc) is 2.37. The van der Waals surface area contributed by atoms with Gasteiger partial charge in [-0.2, -0.15) is 0 Å². The lowest BCUT2D eigenvalue weighted by Crippen LogP contribution is -2.20. The van der Waals surface area contributed by atoms with Gasteiger partial charge in [0.1, 0.15) is 13.2 Å². The molecule has 0 aliphatic rings. The third-order valence-electron chi connectivity index (χ3n) is 2.37. The van der Waals surface area contributed by atoms with Crippen molar-refractivity contribution in [3.8, 4) is 11.8 Å². The third-order valence-corrected chi connectivity index (χ3v) is 2.37. The van der Waals surface area contributed by atoms with Crippen LogP contribution in [0.4, 0.5) is 5.69 Å². The summed E-state index contributed by atoms with van der Waals surface area (Å²) < 4.78 is 5.22. The molecule has 0 saturated carbocycles. The van der Waals surface area contributed by atoms with Crippen LogP contribution in [0.15, 0.2) is 18.2 Å². The van der Waals surface area contributed by atoms with Crippen LogP contribution in [-0.2, 0) is 9.53 Å². The van der Waals surface area contributed by atoms with E-state index >= 15 is 0 Å². The fourth-order valence-electron chi connectivity index (χ4n) is 1.41. The Bertz CT molecular complexity index is 498. The quantitative estimate of drug-likeness (QED) is 0.811. The first-order chi connectivity index (χ1) is 9.02. The molecule has 1 amide bonds. The van der Waals surface area contributed by atoms with Crippen molar-refractivity contribution in [2.24, 2.45) is 0 Å².